The molecule has 3 amide bonds. The first-order chi connectivity index (χ1) is 11.6. The number of rotatable bonds is 4. The third-order valence-corrected chi connectivity index (χ3v) is 6.02. The summed E-state index contributed by atoms with van der Waals surface area (Å²) in [6.07, 6.45) is 6.96. The molecule has 0 spiro atoms. The number of carbonyl (C=O) groups excluding carboxylic acids is 2. The average Bonchev–Trinajstić information content (AvgIpc) is 3.02. The minimum Gasteiger partial charge on any atom is -0.355 e. The highest BCUT2D eigenvalue weighted by Gasteiger charge is 2.28. The van der Waals surface area contributed by atoms with Crippen LogP contribution in [-0.2, 0) is 17.6 Å². The third kappa shape index (κ3) is 4.26. The van der Waals surface area contributed by atoms with Crippen molar-refractivity contribution in [1.29, 1.82) is 0 Å². The number of fused-ring (bicyclic) bond motifs is 1. The molecule has 1 fully saturated rings. The quantitative estimate of drug-likeness (QED) is 0.816. The molecule has 0 bridgehead atoms. The molecule has 1 saturated heterocycles. The molecular formula is C17H26N4O2S. The molecule has 2 heterocycles. The van der Waals surface area contributed by atoms with Gasteiger partial charge in [0.1, 0.15) is 0 Å². The Labute approximate surface area is 147 Å². The zero-order chi connectivity index (χ0) is 16.9. The molecule has 2 N–H and O–H groups in total. The molecule has 24 heavy (non-hydrogen) atoms. The van der Waals surface area contributed by atoms with Crippen molar-refractivity contribution in [2.45, 2.75) is 51.4 Å². The number of amides is 3. The van der Waals surface area contributed by atoms with Crippen LogP contribution >= 0.6 is 11.3 Å². The molecule has 1 unspecified atom stereocenters. The fourth-order valence-corrected chi connectivity index (χ4v) is 4.71. The number of likely N-dealkylation sites (tertiary alicyclic amines) is 1. The Morgan fingerprint density at radius 2 is 2.00 bits per heavy atom. The Bertz CT molecular complexity index is 578. The molecule has 1 aromatic heterocycles. The summed E-state index contributed by atoms with van der Waals surface area (Å²) < 4.78 is 0. The number of nitrogens with zero attached hydrogens (tertiary/aromatic N) is 2. The first-order valence-corrected chi connectivity index (χ1v) is 9.71. The van der Waals surface area contributed by atoms with E-state index in [1.54, 1.807) is 0 Å². The maximum absolute atomic E-state index is 12.3. The number of hydrogen-bond acceptors (Lipinski definition) is 4. The summed E-state index contributed by atoms with van der Waals surface area (Å²) in [7, 11) is 0. The lowest BCUT2D eigenvalue weighted by Crippen LogP contribution is -2.46. The average molecular weight is 350 g/mol. The van der Waals surface area contributed by atoms with Crippen LogP contribution in [0.3, 0.4) is 0 Å². The van der Waals surface area contributed by atoms with Crippen molar-refractivity contribution in [1.82, 2.24) is 20.5 Å². The van der Waals surface area contributed by atoms with E-state index < -0.39 is 0 Å². The first kappa shape index (κ1) is 17.2. The fraction of sp³-hybridized carbons (Fsp3) is 0.706. The Kier molecular flexibility index (Phi) is 5.71. The predicted octanol–water partition coefficient (Wildman–Crippen LogP) is 2.05. The first-order valence-electron chi connectivity index (χ1n) is 8.89. The summed E-state index contributed by atoms with van der Waals surface area (Å²) >= 11 is 1.86. The highest BCUT2D eigenvalue weighted by Crippen LogP contribution is 2.34. The minimum absolute atomic E-state index is 0.0358. The Morgan fingerprint density at radius 1 is 1.21 bits per heavy atom. The zero-order valence-electron chi connectivity index (χ0n) is 14.3. The molecule has 132 valence electrons. The molecule has 0 aromatic carbocycles. The van der Waals surface area contributed by atoms with Crippen LogP contribution in [0.1, 0.15) is 54.1 Å². The van der Waals surface area contributed by atoms with E-state index >= 15 is 0 Å². The second-order valence-electron chi connectivity index (χ2n) is 6.63. The van der Waals surface area contributed by atoms with Gasteiger partial charge in [0.15, 0.2) is 0 Å². The second kappa shape index (κ2) is 7.96. The molecule has 1 atom stereocenters. The second-order valence-corrected chi connectivity index (χ2v) is 7.74. The fourth-order valence-electron chi connectivity index (χ4n) is 3.43. The van der Waals surface area contributed by atoms with Crippen LogP contribution in [-0.4, -0.2) is 48.0 Å². The number of aromatic nitrogens is 1. The molecule has 2 aliphatic rings. The van der Waals surface area contributed by atoms with Gasteiger partial charge in [-0.2, -0.15) is 0 Å². The highest BCUT2D eigenvalue weighted by molar-refractivity contribution is 7.11. The SMILES string of the molecule is CC(=O)NCCNC(=O)N1CCCC(c2nc3c(s2)CCCC3)C1. The van der Waals surface area contributed by atoms with Gasteiger partial charge in [-0.1, -0.05) is 0 Å². The maximum Gasteiger partial charge on any atom is 0.317 e. The zero-order valence-corrected chi connectivity index (χ0v) is 15.1. The van der Waals surface area contributed by atoms with Gasteiger partial charge in [-0.25, -0.2) is 9.78 Å². The van der Waals surface area contributed by atoms with Crippen molar-refractivity contribution in [3.8, 4) is 0 Å². The van der Waals surface area contributed by atoms with E-state index in [9.17, 15) is 9.59 Å². The van der Waals surface area contributed by atoms with Gasteiger partial charge in [0, 0.05) is 43.9 Å². The molecule has 0 radical (unpaired) electrons. The largest absolute Gasteiger partial charge is 0.355 e. The molecule has 1 aromatic rings. The van der Waals surface area contributed by atoms with Crippen molar-refractivity contribution in [3.05, 3.63) is 15.6 Å². The Balaban J connectivity index is 1.53. The smallest absolute Gasteiger partial charge is 0.317 e. The summed E-state index contributed by atoms with van der Waals surface area (Å²) in [5.41, 5.74) is 1.30. The summed E-state index contributed by atoms with van der Waals surface area (Å²) in [6.45, 7) is 3.96. The van der Waals surface area contributed by atoms with Crippen molar-refractivity contribution in [2.75, 3.05) is 26.2 Å². The summed E-state index contributed by atoms with van der Waals surface area (Å²) in [5, 5.41) is 6.79. The maximum atomic E-state index is 12.3. The number of hydrogen-bond donors (Lipinski definition) is 2. The van der Waals surface area contributed by atoms with Crippen LogP contribution < -0.4 is 10.6 Å². The number of aryl methyl sites for hydroxylation is 2. The third-order valence-electron chi connectivity index (χ3n) is 4.70. The number of thiazole rings is 1. The van der Waals surface area contributed by atoms with Crippen LogP contribution in [0.15, 0.2) is 0 Å². The van der Waals surface area contributed by atoms with Gasteiger partial charge in [-0.3, -0.25) is 4.79 Å². The van der Waals surface area contributed by atoms with E-state index in [4.69, 9.17) is 4.98 Å². The van der Waals surface area contributed by atoms with E-state index in [0.29, 0.717) is 19.0 Å². The van der Waals surface area contributed by atoms with Crippen LogP contribution in [0.25, 0.3) is 0 Å². The molecule has 1 aliphatic heterocycles. The molecule has 1 aliphatic carbocycles. The van der Waals surface area contributed by atoms with Gasteiger partial charge in [-0.15, -0.1) is 11.3 Å². The van der Waals surface area contributed by atoms with Gasteiger partial charge in [0.05, 0.1) is 10.7 Å². The number of piperidine rings is 1. The molecule has 0 saturated carbocycles. The van der Waals surface area contributed by atoms with E-state index in [2.05, 4.69) is 10.6 Å². The van der Waals surface area contributed by atoms with Crippen molar-refractivity contribution in [3.63, 3.8) is 0 Å². The lowest BCUT2D eigenvalue weighted by molar-refractivity contribution is -0.118. The van der Waals surface area contributed by atoms with Gasteiger partial charge < -0.3 is 15.5 Å². The van der Waals surface area contributed by atoms with Crippen molar-refractivity contribution >= 4 is 23.3 Å². The van der Waals surface area contributed by atoms with E-state index in [1.807, 2.05) is 16.2 Å². The topological polar surface area (TPSA) is 74.3 Å². The monoisotopic (exact) mass is 350 g/mol. The lowest BCUT2D eigenvalue weighted by atomic mass is 9.98. The number of urea groups is 1. The van der Waals surface area contributed by atoms with Gasteiger partial charge in [0.25, 0.3) is 0 Å². The van der Waals surface area contributed by atoms with E-state index in [1.165, 1.54) is 41.8 Å². The van der Waals surface area contributed by atoms with Gasteiger partial charge >= 0.3 is 6.03 Å². The van der Waals surface area contributed by atoms with Crippen molar-refractivity contribution in [2.24, 2.45) is 0 Å². The van der Waals surface area contributed by atoms with Gasteiger partial charge in [-0.05, 0) is 38.5 Å². The lowest BCUT2D eigenvalue weighted by Gasteiger charge is -2.31. The van der Waals surface area contributed by atoms with E-state index in [0.717, 1.165) is 32.4 Å². The van der Waals surface area contributed by atoms with Crippen LogP contribution in [0.5, 0.6) is 0 Å². The summed E-state index contributed by atoms with van der Waals surface area (Å²) in [4.78, 5) is 31.4. The summed E-state index contributed by atoms with van der Waals surface area (Å²) in [5.74, 6) is 0.297. The number of carbonyl (C=O) groups is 2. The molecular weight excluding hydrogens is 324 g/mol. The minimum atomic E-state index is -0.0741. The predicted molar refractivity (Wildman–Crippen MR) is 94.4 cm³/mol. The molecule has 3 rings (SSSR count). The number of nitrogens with one attached hydrogen (secondary N) is 2. The Hall–Kier alpha value is -1.63. The van der Waals surface area contributed by atoms with Crippen molar-refractivity contribution < 1.29 is 9.59 Å². The van der Waals surface area contributed by atoms with E-state index in [-0.39, 0.29) is 11.9 Å². The van der Waals surface area contributed by atoms with Crippen LogP contribution in [0, 0.1) is 0 Å². The van der Waals surface area contributed by atoms with Crippen LogP contribution in [0.2, 0.25) is 0 Å². The highest BCUT2D eigenvalue weighted by atomic mass is 32.1. The standard InChI is InChI=1S/C17H26N4O2S/c1-12(22)18-8-9-19-17(23)21-10-4-5-13(11-21)16-20-14-6-2-3-7-15(14)24-16/h13H,2-11H2,1H3,(H,18,22)(H,19,23). The summed E-state index contributed by atoms with van der Waals surface area (Å²) in [6, 6.07) is -0.0358. The normalized spacial score (nSPS) is 20.4. The van der Waals surface area contributed by atoms with Crippen LogP contribution in [0.4, 0.5) is 4.79 Å². The molecule has 7 heteroatoms. The molecule has 6 nitrogen and oxygen atoms in total. The van der Waals surface area contributed by atoms with Gasteiger partial charge in [0.2, 0.25) is 5.91 Å². The Morgan fingerprint density at radius 3 is 2.79 bits per heavy atom.